The molecule has 0 aliphatic rings. The van der Waals surface area contributed by atoms with Crippen LogP contribution in [0.25, 0.3) is 0 Å². The predicted octanol–water partition coefficient (Wildman–Crippen LogP) is 2.89. The zero-order valence-corrected chi connectivity index (χ0v) is 10.7. The molecule has 0 aliphatic heterocycles. The van der Waals surface area contributed by atoms with Crippen molar-refractivity contribution >= 4 is 0 Å². The molecule has 15 heavy (non-hydrogen) atoms. The van der Waals surface area contributed by atoms with Crippen LogP contribution in [0.2, 0.25) is 0 Å². The standard InChI is InChI=1S/C12H22N2O/c1-7-12(4,5)10-8-14(6)13-11(10)15-9(2)3/h8-9H,7H2,1-6H3. The lowest BCUT2D eigenvalue weighted by Gasteiger charge is -2.22. The first-order valence-electron chi connectivity index (χ1n) is 5.57. The number of nitrogens with zero attached hydrogens (tertiary/aromatic N) is 2. The quantitative estimate of drug-likeness (QED) is 0.764. The number of hydrogen-bond acceptors (Lipinski definition) is 2. The minimum absolute atomic E-state index is 0.123. The van der Waals surface area contributed by atoms with Crippen LogP contribution in [-0.2, 0) is 12.5 Å². The van der Waals surface area contributed by atoms with Crippen molar-refractivity contribution in [1.29, 1.82) is 0 Å². The van der Waals surface area contributed by atoms with Gasteiger partial charge in [0.15, 0.2) is 0 Å². The second kappa shape index (κ2) is 4.25. The summed E-state index contributed by atoms with van der Waals surface area (Å²) in [6, 6.07) is 0. The molecule has 0 fully saturated rings. The van der Waals surface area contributed by atoms with Crippen LogP contribution in [0.4, 0.5) is 0 Å². The summed E-state index contributed by atoms with van der Waals surface area (Å²) in [4.78, 5) is 0. The van der Waals surface area contributed by atoms with Gasteiger partial charge in [0.2, 0.25) is 5.88 Å². The highest BCUT2D eigenvalue weighted by Gasteiger charge is 2.25. The Hall–Kier alpha value is -0.990. The molecule has 0 unspecified atom stereocenters. The SMILES string of the molecule is CCC(C)(C)c1cn(C)nc1OC(C)C. The molecule has 1 aromatic rings. The molecule has 3 nitrogen and oxygen atoms in total. The third-order valence-electron chi connectivity index (χ3n) is 2.76. The van der Waals surface area contributed by atoms with Gasteiger partial charge in [0.25, 0.3) is 0 Å². The Balaban J connectivity index is 3.06. The van der Waals surface area contributed by atoms with E-state index >= 15 is 0 Å². The molecule has 1 aromatic heterocycles. The lowest BCUT2D eigenvalue weighted by molar-refractivity contribution is 0.224. The second-order valence-electron chi connectivity index (χ2n) is 4.93. The fourth-order valence-corrected chi connectivity index (χ4v) is 1.43. The normalized spacial score (nSPS) is 12.2. The summed E-state index contributed by atoms with van der Waals surface area (Å²) in [5.74, 6) is 0.777. The van der Waals surface area contributed by atoms with Crippen LogP contribution in [-0.4, -0.2) is 15.9 Å². The Morgan fingerprint density at radius 3 is 2.53 bits per heavy atom. The van der Waals surface area contributed by atoms with Crippen LogP contribution in [0.15, 0.2) is 6.20 Å². The molecule has 86 valence electrons. The Labute approximate surface area is 92.4 Å². The molecule has 0 bridgehead atoms. The van der Waals surface area contributed by atoms with Crippen LogP contribution < -0.4 is 4.74 Å². The van der Waals surface area contributed by atoms with E-state index in [-0.39, 0.29) is 11.5 Å². The van der Waals surface area contributed by atoms with Crippen molar-refractivity contribution in [2.75, 3.05) is 0 Å². The molecule has 0 radical (unpaired) electrons. The Bertz CT molecular complexity index is 326. The first kappa shape index (κ1) is 12.1. The smallest absolute Gasteiger partial charge is 0.236 e. The number of hydrogen-bond donors (Lipinski definition) is 0. The summed E-state index contributed by atoms with van der Waals surface area (Å²) in [5, 5.41) is 4.36. The van der Waals surface area contributed by atoms with Crippen LogP contribution in [0, 0.1) is 0 Å². The van der Waals surface area contributed by atoms with Crippen LogP contribution in [0.3, 0.4) is 0 Å². The summed E-state index contributed by atoms with van der Waals surface area (Å²) < 4.78 is 7.55. The maximum atomic E-state index is 5.72. The van der Waals surface area contributed by atoms with Crippen molar-refractivity contribution in [3.63, 3.8) is 0 Å². The fraction of sp³-hybridized carbons (Fsp3) is 0.750. The van der Waals surface area contributed by atoms with E-state index in [9.17, 15) is 0 Å². The van der Waals surface area contributed by atoms with E-state index in [1.54, 1.807) is 0 Å². The van der Waals surface area contributed by atoms with Gasteiger partial charge in [0.1, 0.15) is 0 Å². The predicted molar refractivity (Wildman–Crippen MR) is 62.3 cm³/mol. The molecule has 0 N–H and O–H groups in total. The third-order valence-corrected chi connectivity index (χ3v) is 2.76. The lowest BCUT2D eigenvalue weighted by Crippen LogP contribution is -2.17. The van der Waals surface area contributed by atoms with Gasteiger partial charge < -0.3 is 4.74 Å². The number of aryl methyl sites for hydroxylation is 1. The molecule has 0 saturated carbocycles. The molecule has 1 heterocycles. The van der Waals surface area contributed by atoms with E-state index in [0.29, 0.717) is 0 Å². The van der Waals surface area contributed by atoms with Gasteiger partial charge in [-0.1, -0.05) is 20.8 Å². The van der Waals surface area contributed by atoms with Crippen molar-refractivity contribution in [3.05, 3.63) is 11.8 Å². The Kier molecular flexibility index (Phi) is 3.42. The molecular weight excluding hydrogens is 188 g/mol. The van der Waals surface area contributed by atoms with Gasteiger partial charge in [-0.3, -0.25) is 4.68 Å². The van der Waals surface area contributed by atoms with Gasteiger partial charge in [-0.2, -0.15) is 0 Å². The second-order valence-corrected chi connectivity index (χ2v) is 4.93. The highest BCUT2D eigenvalue weighted by Crippen LogP contribution is 2.33. The zero-order chi connectivity index (χ0) is 11.6. The van der Waals surface area contributed by atoms with E-state index in [1.165, 1.54) is 5.56 Å². The lowest BCUT2D eigenvalue weighted by atomic mass is 9.84. The maximum Gasteiger partial charge on any atom is 0.236 e. The van der Waals surface area contributed by atoms with E-state index < -0.39 is 0 Å². The van der Waals surface area contributed by atoms with Gasteiger partial charge in [0.05, 0.1) is 6.10 Å². The van der Waals surface area contributed by atoms with Crippen molar-refractivity contribution < 1.29 is 4.74 Å². The van der Waals surface area contributed by atoms with Gasteiger partial charge in [-0.15, -0.1) is 5.10 Å². The molecule has 3 heteroatoms. The van der Waals surface area contributed by atoms with Crippen molar-refractivity contribution in [2.24, 2.45) is 7.05 Å². The first-order chi connectivity index (χ1) is 6.86. The number of aromatic nitrogens is 2. The minimum atomic E-state index is 0.123. The molecule has 0 aliphatic carbocycles. The molecule has 0 spiro atoms. The summed E-state index contributed by atoms with van der Waals surface area (Å²) in [7, 11) is 1.93. The molecule has 0 amide bonds. The van der Waals surface area contributed by atoms with Gasteiger partial charge in [-0.05, 0) is 25.7 Å². The largest absolute Gasteiger partial charge is 0.474 e. The summed E-state index contributed by atoms with van der Waals surface area (Å²) in [5.41, 5.74) is 1.32. The average molecular weight is 210 g/mol. The summed E-state index contributed by atoms with van der Waals surface area (Å²) in [6.07, 6.45) is 3.31. The van der Waals surface area contributed by atoms with E-state index in [0.717, 1.165) is 12.3 Å². The molecular formula is C12H22N2O. The van der Waals surface area contributed by atoms with E-state index in [2.05, 4.69) is 32.1 Å². The maximum absolute atomic E-state index is 5.72. The topological polar surface area (TPSA) is 27.1 Å². The fourth-order valence-electron chi connectivity index (χ4n) is 1.43. The third kappa shape index (κ3) is 2.74. The summed E-state index contributed by atoms with van der Waals surface area (Å²) in [6.45, 7) is 10.7. The molecule has 0 saturated heterocycles. The zero-order valence-electron chi connectivity index (χ0n) is 10.7. The Morgan fingerprint density at radius 2 is 2.07 bits per heavy atom. The average Bonchev–Trinajstić information content (AvgIpc) is 2.46. The first-order valence-corrected chi connectivity index (χ1v) is 5.57. The van der Waals surface area contributed by atoms with Gasteiger partial charge in [0, 0.05) is 18.8 Å². The molecule has 0 aromatic carbocycles. The minimum Gasteiger partial charge on any atom is -0.474 e. The van der Waals surface area contributed by atoms with Crippen molar-refractivity contribution in [2.45, 2.75) is 52.6 Å². The van der Waals surface area contributed by atoms with E-state index in [1.807, 2.05) is 25.6 Å². The van der Waals surface area contributed by atoms with Gasteiger partial charge in [-0.25, -0.2) is 0 Å². The van der Waals surface area contributed by atoms with Crippen molar-refractivity contribution in [1.82, 2.24) is 9.78 Å². The van der Waals surface area contributed by atoms with Crippen molar-refractivity contribution in [3.8, 4) is 5.88 Å². The monoisotopic (exact) mass is 210 g/mol. The molecule has 1 rings (SSSR count). The van der Waals surface area contributed by atoms with Crippen LogP contribution in [0.1, 0.15) is 46.6 Å². The Morgan fingerprint density at radius 1 is 1.47 bits per heavy atom. The van der Waals surface area contributed by atoms with Crippen LogP contribution in [0.5, 0.6) is 5.88 Å². The number of ether oxygens (including phenoxy) is 1. The van der Waals surface area contributed by atoms with Gasteiger partial charge >= 0.3 is 0 Å². The summed E-state index contributed by atoms with van der Waals surface area (Å²) >= 11 is 0. The van der Waals surface area contributed by atoms with Crippen LogP contribution >= 0.6 is 0 Å². The highest BCUT2D eigenvalue weighted by atomic mass is 16.5. The van der Waals surface area contributed by atoms with E-state index in [4.69, 9.17) is 4.74 Å². The molecule has 0 atom stereocenters. The highest BCUT2D eigenvalue weighted by molar-refractivity contribution is 5.31. The number of rotatable bonds is 4.